The first-order chi connectivity index (χ1) is 13.8. The van der Waals surface area contributed by atoms with Crippen LogP contribution in [-0.4, -0.2) is 40.4 Å². The van der Waals surface area contributed by atoms with Gasteiger partial charge >= 0.3 is 0 Å². The Morgan fingerprint density at radius 2 is 1.62 bits per heavy atom. The highest BCUT2D eigenvalue weighted by molar-refractivity contribution is 7.90. The predicted molar refractivity (Wildman–Crippen MR) is 116 cm³/mol. The Morgan fingerprint density at radius 3 is 2.17 bits per heavy atom. The van der Waals surface area contributed by atoms with E-state index < -0.39 is 16.3 Å². The lowest BCUT2D eigenvalue weighted by molar-refractivity contribution is -0.128. The van der Waals surface area contributed by atoms with Gasteiger partial charge in [-0.25, -0.2) is 18.1 Å². The SMILES string of the molecule is CCOC(CN=C(Nc1ccc(Cl)cc1)NS(=O)(=O)c1ccc(C)cc1)OCC. The molecular weight excluding hydrogens is 414 g/mol. The third-order valence-electron chi connectivity index (χ3n) is 3.77. The number of guanidine groups is 1. The number of nitrogens with zero attached hydrogens (tertiary/aromatic N) is 1. The molecule has 0 bridgehead atoms. The Morgan fingerprint density at radius 1 is 1.03 bits per heavy atom. The van der Waals surface area contributed by atoms with Crippen molar-refractivity contribution in [2.24, 2.45) is 4.99 Å². The van der Waals surface area contributed by atoms with Gasteiger partial charge in [0.15, 0.2) is 6.29 Å². The molecule has 29 heavy (non-hydrogen) atoms. The summed E-state index contributed by atoms with van der Waals surface area (Å²) in [5, 5.41) is 3.54. The maximum Gasteiger partial charge on any atom is 0.264 e. The molecule has 0 atom stereocenters. The molecule has 2 aromatic rings. The van der Waals surface area contributed by atoms with E-state index in [9.17, 15) is 8.42 Å². The molecule has 0 spiro atoms. The summed E-state index contributed by atoms with van der Waals surface area (Å²) in [7, 11) is -3.83. The second-order valence-corrected chi connectivity index (χ2v) is 8.20. The molecule has 0 amide bonds. The van der Waals surface area contributed by atoms with Crippen molar-refractivity contribution in [1.82, 2.24) is 4.72 Å². The van der Waals surface area contributed by atoms with Crippen LogP contribution in [0, 0.1) is 6.92 Å². The normalized spacial score (nSPS) is 12.2. The molecule has 0 aliphatic carbocycles. The minimum atomic E-state index is -3.83. The molecule has 7 nitrogen and oxygen atoms in total. The average Bonchev–Trinajstić information content (AvgIpc) is 2.68. The van der Waals surface area contributed by atoms with Crippen molar-refractivity contribution in [3.8, 4) is 0 Å². The van der Waals surface area contributed by atoms with Crippen molar-refractivity contribution in [3.63, 3.8) is 0 Å². The van der Waals surface area contributed by atoms with Crippen LogP contribution in [0.3, 0.4) is 0 Å². The van der Waals surface area contributed by atoms with Gasteiger partial charge in [0.2, 0.25) is 5.96 Å². The third kappa shape index (κ3) is 7.66. The van der Waals surface area contributed by atoms with E-state index in [0.717, 1.165) is 5.56 Å². The number of hydrogen-bond donors (Lipinski definition) is 2. The van der Waals surface area contributed by atoms with Gasteiger partial charge in [-0.05, 0) is 57.2 Å². The Labute approximate surface area is 177 Å². The van der Waals surface area contributed by atoms with E-state index >= 15 is 0 Å². The van der Waals surface area contributed by atoms with Crippen LogP contribution in [0.15, 0.2) is 58.4 Å². The Kier molecular flexibility index (Phi) is 8.91. The Hall–Kier alpha value is -2.13. The van der Waals surface area contributed by atoms with Gasteiger partial charge in [-0.1, -0.05) is 29.3 Å². The lowest BCUT2D eigenvalue weighted by atomic mass is 10.2. The molecule has 0 aliphatic rings. The second kappa shape index (κ2) is 11.2. The van der Waals surface area contributed by atoms with Gasteiger partial charge in [-0.3, -0.25) is 0 Å². The van der Waals surface area contributed by atoms with Crippen LogP contribution >= 0.6 is 11.6 Å². The smallest absolute Gasteiger partial charge is 0.264 e. The van der Waals surface area contributed by atoms with Gasteiger partial charge in [-0.15, -0.1) is 0 Å². The van der Waals surface area contributed by atoms with Gasteiger partial charge in [-0.2, -0.15) is 0 Å². The van der Waals surface area contributed by atoms with E-state index in [2.05, 4.69) is 15.0 Å². The van der Waals surface area contributed by atoms with Crippen molar-refractivity contribution in [2.45, 2.75) is 32.0 Å². The first-order valence-electron chi connectivity index (χ1n) is 9.23. The molecule has 0 aliphatic heterocycles. The molecule has 0 aromatic heterocycles. The summed E-state index contributed by atoms with van der Waals surface area (Å²) < 4.78 is 39.0. The van der Waals surface area contributed by atoms with Crippen molar-refractivity contribution < 1.29 is 17.9 Å². The number of anilines is 1. The van der Waals surface area contributed by atoms with E-state index in [1.54, 1.807) is 48.5 Å². The molecule has 0 heterocycles. The Bertz CT molecular complexity index is 894. The third-order valence-corrected chi connectivity index (χ3v) is 5.38. The largest absolute Gasteiger partial charge is 0.351 e. The molecule has 0 radical (unpaired) electrons. The van der Waals surface area contributed by atoms with Crippen LogP contribution in [0.1, 0.15) is 19.4 Å². The van der Waals surface area contributed by atoms with Crippen molar-refractivity contribution >= 4 is 33.3 Å². The van der Waals surface area contributed by atoms with Crippen LogP contribution in [-0.2, 0) is 19.5 Å². The quantitative estimate of drug-likeness (QED) is 0.352. The molecule has 158 valence electrons. The predicted octanol–water partition coefficient (Wildman–Crippen LogP) is 3.79. The van der Waals surface area contributed by atoms with Crippen LogP contribution in [0.4, 0.5) is 5.69 Å². The fourth-order valence-corrected chi connectivity index (χ4v) is 3.47. The summed E-state index contributed by atoms with van der Waals surface area (Å²) in [5.74, 6) is 0.0531. The zero-order chi connectivity index (χ0) is 21.3. The van der Waals surface area contributed by atoms with E-state index in [0.29, 0.717) is 23.9 Å². The number of hydrogen-bond acceptors (Lipinski definition) is 5. The summed E-state index contributed by atoms with van der Waals surface area (Å²) in [6.07, 6.45) is -0.573. The molecule has 9 heteroatoms. The highest BCUT2D eigenvalue weighted by atomic mass is 35.5. The lowest BCUT2D eigenvalue weighted by Gasteiger charge is -2.17. The molecule has 0 unspecified atom stereocenters. The number of sulfonamides is 1. The summed E-state index contributed by atoms with van der Waals surface area (Å²) in [4.78, 5) is 4.48. The summed E-state index contributed by atoms with van der Waals surface area (Å²) >= 11 is 5.92. The van der Waals surface area contributed by atoms with Crippen molar-refractivity contribution in [1.29, 1.82) is 0 Å². The Balaban J connectivity index is 2.25. The van der Waals surface area contributed by atoms with E-state index in [1.165, 1.54) is 0 Å². The lowest BCUT2D eigenvalue weighted by Crippen LogP contribution is -2.37. The van der Waals surface area contributed by atoms with Gasteiger partial charge in [0.05, 0.1) is 11.4 Å². The summed E-state index contributed by atoms with van der Waals surface area (Å²) in [5.41, 5.74) is 1.59. The van der Waals surface area contributed by atoms with Gasteiger partial charge in [0, 0.05) is 23.9 Å². The fourth-order valence-electron chi connectivity index (χ4n) is 2.36. The van der Waals surface area contributed by atoms with E-state index in [1.807, 2.05) is 20.8 Å². The van der Waals surface area contributed by atoms with Gasteiger partial charge in [0.25, 0.3) is 10.0 Å². The van der Waals surface area contributed by atoms with E-state index in [4.69, 9.17) is 21.1 Å². The monoisotopic (exact) mass is 439 g/mol. The minimum Gasteiger partial charge on any atom is -0.351 e. The topological polar surface area (TPSA) is 89.0 Å². The maximum atomic E-state index is 12.8. The number of aryl methyl sites for hydroxylation is 1. The number of halogens is 1. The minimum absolute atomic E-state index is 0.0531. The number of aliphatic imine (C=N–C) groups is 1. The van der Waals surface area contributed by atoms with Crippen molar-refractivity contribution in [3.05, 3.63) is 59.1 Å². The van der Waals surface area contributed by atoms with Crippen LogP contribution in [0.25, 0.3) is 0 Å². The molecular formula is C20H26ClN3O4S. The molecule has 0 saturated carbocycles. The number of nitrogens with one attached hydrogen (secondary N) is 2. The molecule has 0 fully saturated rings. The highest BCUT2D eigenvalue weighted by Crippen LogP contribution is 2.14. The van der Waals surface area contributed by atoms with Crippen molar-refractivity contribution in [2.75, 3.05) is 25.1 Å². The first-order valence-corrected chi connectivity index (χ1v) is 11.1. The number of ether oxygens (including phenoxy) is 2. The van der Waals surface area contributed by atoms with Gasteiger partial charge in [0.1, 0.15) is 0 Å². The van der Waals surface area contributed by atoms with E-state index in [-0.39, 0.29) is 17.4 Å². The standard InChI is InChI=1S/C20H26ClN3O4S/c1-4-27-19(28-5-2)14-22-20(23-17-10-8-16(21)9-11-17)24-29(25,26)18-12-6-15(3)7-13-18/h6-13,19H,4-5,14H2,1-3H3,(H2,22,23,24). The summed E-state index contributed by atoms with van der Waals surface area (Å²) in [6.45, 7) is 6.62. The maximum absolute atomic E-state index is 12.8. The number of rotatable bonds is 9. The summed E-state index contributed by atoms with van der Waals surface area (Å²) in [6, 6.07) is 13.4. The van der Waals surface area contributed by atoms with Gasteiger partial charge < -0.3 is 14.8 Å². The fraction of sp³-hybridized carbons (Fsp3) is 0.350. The molecule has 2 aromatic carbocycles. The first kappa shape index (κ1) is 23.2. The van der Waals surface area contributed by atoms with Crippen LogP contribution < -0.4 is 10.0 Å². The van der Waals surface area contributed by atoms with Crippen LogP contribution in [0.5, 0.6) is 0 Å². The zero-order valence-corrected chi connectivity index (χ0v) is 18.3. The molecule has 2 N–H and O–H groups in total. The number of benzene rings is 2. The van der Waals surface area contributed by atoms with Crippen LogP contribution in [0.2, 0.25) is 5.02 Å². The molecule has 0 saturated heterocycles. The second-order valence-electron chi connectivity index (χ2n) is 6.08. The zero-order valence-electron chi connectivity index (χ0n) is 16.7. The average molecular weight is 440 g/mol. The highest BCUT2D eigenvalue weighted by Gasteiger charge is 2.17. The molecule has 2 rings (SSSR count).